The number of aryl methyl sites for hydroxylation is 2. The maximum atomic E-state index is 12.5. The van der Waals surface area contributed by atoms with E-state index in [0.29, 0.717) is 49.3 Å². The summed E-state index contributed by atoms with van der Waals surface area (Å²) in [6, 6.07) is 8.01. The molecule has 1 N–H and O–H groups in total. The van der Waals surface area contributed by atoms with E-state index in [0.717, 1.165) is 0 Å². The number of aromatic nitrogens is 1. The van der Waals surface area contributed by atoms with Crippen LogP contribution < -0.4 is 5.32 Å². The Balaban J connectivity index is 1.68. The molecule has 0 saturated carbocycles. The molecule has 132 valence electrons. The van der Waals surface area contributed by atoms with Gasteiger partial charge in [-0.15, -0.1) is 0 Å². The number of hydrogen-bond donors (Lipinski definition) is 1. The van der Waals surface area contributed by atoms with E-state index in [-0.39, 0.29) is 5.91 Å². The first-order chi connectivity index (χ1) is 12.0. The summed E-state index contributed by atoms with van der Waals surface area (Å²) in [5.41, 5.74) is 4.16. The smallest absolute Gasteiger partial charge is 0.255 e. The standard InChI is InChI=1S/C19H22ClN3O2/c1-13-3-4-15(14(2)9-13)11-21-18-17(20)10-16(12-22-18)19(24)23-5-7-25-8-6-23/h3-4,9-10,12H,5-8,11H2,1-2H3,(H,21,22). The van der Waals surface area contributed by atoms with Crippen molar-refractivity contribution < 1.29 is 9.53 Å². The normalized spacial score (nSPS) is 14.4. The molecule has 0 bridgehead atoms. The van der Waals surface area contributed by atoms with E-state index in [1.807, 2.05) is 0 Å². The Morgan fingerprint density at radius 1 is 1.28 bits per heavy atom. The van der Waals surface area contributed by atoms with Crippen LogP contribution in [0.2, 0.25) is 5.02 Å². The van der Waals surface area contributed by atoms with Crippen LogP contribution in [-0.2, 0) is 11.3 Å². The molecule has 2 heterocycles. The van der Waals surface area contributed by atoms with Crippen molar-refractivity contribution in [3.63, 3.8) is 0 Å². The molecule has 5 nitrogen and oxygen atoms in total. The number of carbonyl (C=O) groups is 1. The quantitative estimate of drug-likeness (QED) is 0.908. The largest absolute Gasteiger partial charge is 0.378 e. The van der Waals surface area contributed by atoms with Gasteiger partial charge in [0.15, 0.2) is 0 Å². The maximum Gasteiger partial charge on any atom is 0.255 e. The Hall–Kier alpha value is -2.11. The number of ether oxygens (including phenoxy) is 1. The zero-order chi connectivity index (χ0) is 17.8. The molecular formula is C19H22ClN3O2. The molecule has 1 fully saturated rings. The van der Waals surface area contributed by atoms with Crippen LogP contribution in [0.4, 0.5) is 5.82 Å². The SMILES string of the molecule is Cc1ccc(CNc2ncc(C(=O)N3CCOCC3)cc2Cl)c(C)c1. The van der Waals surface area contributed by atoms with Gasteiger partial charge in [-0.3, -0.25) is 4.79 Å². The van der Waals surface area contributed by atoms with Gasteiger partial charge in [0.05, 0.1) is 23.8 Å². The van der Waals surface area contributed by atoms with E-state index in [1.165, 1.54) is 16.7 Å². The number of benzene rings is 1. The first-order valence-corrected chi connectivity index (χ1v) is 8.75. The highest BCUT2D eigenvalue weighted by atomic mass is 35.5. The third-order valence-electron chi connectivity index (χ3n) is 4.33. The van der Waals surface area contributed by atoms with Gasteiger partial charge in [0.25, 0.3) is 5.91 Å². The lowest BCUT2D eigenvalue weighted by Crippen LogP contribution is -2.40. The molecule has 1 aliphatic rings. The summed E-state index contributed by atoms with van der Waals surface area (Å²) in [4.78, 5) is 18.6. The molecule has 0 aliphatic carbocycles. The summed E-state index contributed by atoms with van der Waals surface area (Å²) in [5.74, 6) is 0.527. The molecule has 1 aliphatic heterocycles. The summed E-state index contributed by atoms with van der Waals surface area (Å²) < 4.78 is 5.27. The lowest BCUT2D eigenvalue weighted by Gasteiger charge is -2.26. The van der Waals surface area contributed by atoms with E-state index in [9.17, 15) is 4.79 Å². The predicted molar refractivity (Wildman–Crippen MR) is 99.2 cm³/mol. The number of morpholine rings is 1. The fraction of sp³-hybridized carbons (Fsp3) is 0.368. The minimum Gasteiger partial charge on any atom is -0.378 e. The molecule has 6 heteroatoms. The first-order valence-electron chi connectivity index (χ1n) is 8.37. The second kappa shape index (κ2) is 7.85. The van der Waals surface area contributed by atoms with Crippen LogP contribution in [0.25, 0.3) is 0 Å². The molecule has 1 amide bonds. The fourth-order valence-corrected chi connectivity index (χ4v) is 3.09. The van der Waals surface area contributed by atoms with E-state index < -0.39 is 0 Å². The number of amides is 1. The summed E-state index contributed by atoms with van der Waals surface area (Å²) in [7, 11) is 0. The van der Waals surface area contributed by atoms with E-state index >= 15 is 0 Å². The minimum absolute atomic E-state index is 0.0568. The maximum absolute atomic E-state index is 12.5. The second-order valence-corrected chi connectivity index (χ2v) is 6.65. The molecule has 0 spiro atoms. The van der Waals surface area contributed by atoms with Gasteiger partial charge in [-0.05, 0) is 31.0 Å². The molecule has 1 aromatic heterocycles. The highest BCUT2D eigenvalue weighted by Crippen LogP contribution is 2.22. The van der Waals surface area contributed by atoms with E-state index in [4.69, 9.17) is 16.3 Å². The lowest BCUT2D eigenvalue weighted by atomic mass is 10.1. The summed E-state index contributed by atoms with van der Waals surface area (Å²) in [6.07, 6.45) is 1.58. The first kappa shape index (κ1) is 17.7. The number of carbonyl (C=O) groups excluding carboxylic acids is 1. The van der Waals surface area contributed by atoms with Crippen molar-refractivity contribution in [2.45, 2.75) is 20.4 Å². The van der Waals surface area contributed by atoms with Crippen LogP contribution >= 0.6 is 11.6 Å². The average molecular weight is 360 g/mol. The Labute approximate surface area is 153 Å². The van der Waals surface area contributed by atoms with E-state index in [2.05, 4.69) is 42.3 Å². The molecule has 1 saturated heterocycles. The zero-order valence-corrected chi connectivity index (χ0v) is 15.3. The van der Waals surface area contributed by atoms with Gasteiger partial charge < -0.3 is 15.0 Å². The van der Waals surface area contributed by atoms with Gasteiger partial charge in [0.1, 0.15) is 5.82 Å². The lowest BCUT2D eigenvalue weighted by molar-refractivity contribution is 0.0302. The Kier molecular flexibility index (Phi) is 5.56. The molecular weight excluding hydrogens is 338 g/mol. The highest BCUT2D eigenvalue weighted by Gasteiger charge is 2.19. The number of pyridine rings is 1. The van der Waals surface area contributed by atoms with Crippen LogP contribution in [0.3, 0.4) is 0 Å². The number of halogens is 1. The van der Waals surface area contributed by atoms with Gasteiger partial charge in [-0.2, -0.15) is 0 Å². The van der Waals surface area contributed by atoms with Crippen molar-refractivity contribution in [2.75, 3.05) is 31.6 Å². The summed E-state index contributed by atoms with van der Waals surface area (Å²) in [6.45, 7) is 7.14. The van der Waals surface area contributed by atoms with Crippen LogP contribution in [0, 0.1) is 13.8 Å². The van der Waals surface area contributed by atoms with Crippen molar-refractivity contribution in [3.05, 3.63) is 57.7 Å². The Bertz CT molecular complexity index is 773. The van der Waals surface area contributed by atoms with Crippen molar-refractivity contribution in [1.82, 2.24) is 9.88 Å². The van der Waals surface area contributed by atoms with Gasteiger partial charge in [0, 0.05) is 25.8 Å². The number of hydrogen-bond acceptors (Lipinski definition) is 4. The Morgan fingerprint density at radius 3 is 2.72 bits per heavy atom. The third-order valence-corrected chi connectivity index (χ3v) is 4.62. The molecule has 0 unspecified atom stereocenters. The number of rotatable bonds is 4. The number of anilines is 1. The average Bonchev–Trinajstić information content (AvgIpc) is 2.62. The van der Waals surface area contributed by atoms with E-state index in [1.54, 1.807) is 17.2 Å². The van der Waals surface area contributed by atoms with Gasteiger partial charge in [-0.25, -0.2) is 4.98 Å². The number of nitrogens with zero attached hydrogens (tertiary/aromatic N) is 2. The second-order valence-electron chi connectivity index (χ2n) is 6.24. The fourth-order valence-electron chi connectivity index (χ4n) is 2.86. The van der Waals surface area contributed by atoms with Crippen LogP contribution in [0.15, 0.2) is 30.5 Å². The van der Waals surface area contributed by atoms with Gasteiger partial charge in [-0.1, -0.05) is 35.4 Å². The predicted octanol–water partition coefficient (Wildman–Crippen LogP) is 3.44. The molecule has 0 radical (unpaired) electrons. The Morgan fingerprint density at radius 2 is 2.04 bits per heavy atom. The minimum atomic E-state index is -0.0568. The van der Waals surface area contributed by atoms with Gasteiger partial charge >= 0.3 is 0 Å². The number of nitrogens with one attached hydrogen (secondary N) is 1. The molecule has 25 heavy (non-hydrogen) atoms. The van der Waals surface area contributed by atoms with Crippen molar-refractivity contribution in [2.24, 2.45) is 0 Å². The monoisotopic (exact) mass is 359 g/mol. The van der Waals surface area contributed by atoms with Crippen molar-refractivity contribution >= 4 is 23.3 Å². The summed E-state index contributed by atoms with van der Waals surface area (Å²) >= 11 is 6.32. The molecule has 1 aromatic carbocycles. The zero-order valence-electron chi connectivity index (χ0n) is 14.5. The van der Waals surface area contributed by atoms with Crippen LogP contribution in [0.5, 0.6) is 0 Å². The van der Waals surface area contributed by atoms with Crippen molar-refractivity contribution in [3.8, 4) is 0 Å². The highest BCUT2D eigenvalue weighted by molar-refractivity contribution is 6.33. The van der Waals surface area contributed by atoms with Gasteiger partial charge in [0.2, 0.25) is 0 Å². The summed E-state index contributed by atoms with van der Waals surface area (Å²) in [5, 5.41) is 3.70. The topological polar surface area (TPSA) is 54.5 Å². The van der Waals surface area contributed by atoms with Crippen LogP contribution in [-0.4, -0.2) is 42.1 Å². The molecule has 2 aromatic rings. The van der Waals surface area contributed by atoms with Crippen molar-refractivity contribution in [1.29, 1.82) is 0 Å². The van der Waals surface area contributed by atoms with Crippen LogP contribution in [0.1, 0.15) is 27.0 Å². The molecule has 3 rings (SSSR count). The third kappa shape index (κ3) is 4.30. The molecule has 0 atom stereocenters.